The predicted molar refractivity (Wildman–Crippen MR) is 58.1 cm³/mol. The molecule has 0 radical (unpaired) electrons. The number of rotatable bonds is 0. The first-order valence-electron chi connectivity index (χ1n) is 4.25. The number of fused-ring (bicyclic) bond motifs is 1. The molecule has 0 aliphatic rings. The molecule has 0 amide bonds. The zero-order valence-electron chi connectivity index (χ0n) is 7.94. The van der Waals surface area contributed by atoms with Crippen molar-refractivity contribution in [3.8, 4) is 0 Å². The summed E-state index contributed by atoms with van der Waals surface area (Å²) >= 11 is 3.50. The van der Waals surface area contributed by atoms with Crippen LogP contribution in [0.15, 0.2) is 21.0 Å². The molecule has 0 N–H and O–H groups in total. The highest BCUT2D eigenvalue weighted by Crippen LogP contribution is 2.31. The largest absolute Gasteiger partial charge is 0.460 e. The normalized spacial score (nSPS) is 11.1. The fourth-order valence-corrected chi connectivity index (χ4v) is 2.19. The number of hydrogen-bond donors (Lipinski definition) is 0. The third-order valence-corrected chi connectivity index (χ3v) is 2.96. The van der Waals surface area contributed by atoms with Crippen molar-refractivity contribution in [2.24, 2.45) is 0 Å². The second kappa shape index (κ2) is 2.88. The van der Waals surface area contributed by atoms with Crippen molar-refractivity contribution < 1.29 is 4.42 Å². The van der Waals surface area contributed by atoms with E-state index < -0.39 is 0 Å². The lowest BCUT2D eigenvalue weighted by atomic mass is 10.1. The van der Waals surface area contributed by atoms with Gasteiger partial charge in [0.2, 0.25) is 0 Å². The van der Waals surface area contributed by atoms with E-state index in [4.69, 9.17) is 4.42 Å². The molecular weight excluding hydrogens is 228 g/mol. The predicted octanol–water partition coefficient (Wildman–Crippen LogP) is 4.12. The summed E-state index contributed by atoms with van der Waals surface area (Å²) in [5, 5.41) is 1.21. The number of benzene rings is 1. The molecule has 68 valence electrons. The van der Waals surface area contributed by atoms with Gasteiger partial charge >= 0.3 is 0 Å². The Labute approximate surface area is 85.9 Å². The van der Waals surface area contributed by atoms with Crippen LogP contribution in [-0.4, -0.2) is 0 Å². The van der Waals surface area contributed by atoms with Crippen LogP contribution in [0, 0.1) is 20.8 Å². The van der Waals surface area contributed by atoms with Crippen molar-refractivity contribution in [2.45, 2.75) is 20.8 Å². The van der Waals surface area contributed by atoms with Gasteiger partial charge in [-0.25, -0.2) is 0 Å². The smallest absolute Gasteiger partial charge is 0.148 e. The molecule has 1 nitrogen and oxygen atoms in total. The zero-order valence-corrected chi connectivity index (χ0v) is 9.53. The summed E-state index contributed by atoms with van der Waals surface area (Å²) in [6.07, 6.45) is 0. The van der Waals surface area contributed by atoms with Gasteiger partial charge in [-0.05, 0) is 60.0 Å². The highest BCUT2D eigenvalue weighted by molar-refractivity contribution is 9.10. The van der Waals surface area contributed by atoms with Crippen molar-refractivity contribution in [2.75, 3.05) is 0 Å². The Kier molecular flexibility index (Phi) is 1.95. The third kappa shape index (κ3) is 1.29. The van der Waals surface area contributed by atoms with Gasteiger partial charge < -0.3 is 4.42 Å². The van der Waals surface area contributed by atoms with Crippen LogP contribution in [-0.2, 0) is 0 Å². The molecule has 1 aromatic carbocycles. The van der Waals surface area contributed by atoms with Crippen LogP contribution in [0.1, 0.15) is 16.9 Å². The molecule has 2 aromatic rings. The van der Waals surface area contributed by atoms with Crippen LogP contribution in [0.2, 0.25) is 0 Å². The van der Waals surface area contributed by atoms with E-state index >= 15 is 0 Å². The van der Waals surface area contributed by atoms with Crippen LogP contribution in [0.25, 0.3) is 11.0 Å². The Bertz CT molecular complexity index is 468. The molecule has 0 saturated carbocycles. The quantitative estimate of drug-likeness (QED) is 0.673. The van der Waals surface area contributed by atoms with E-state index in [9.17, 15) is 0 Å². The van der Waals surface area contributed by atoms with Crippen molar-refractivity contribution in [1.82, 2.24) is 0 Å². The average Bonchev–Trinajstić information content (AvgIpc) is 2.32. The minimum atomic E-state index is 0.959. The lowest BCUT2D eigenvalue weighted by Crippen LogP contribution is -1.75. The maximum Gasteiger partial charge on any atom is 0.148 e. The molecule has 1 heterocycles. The van der Waals surface area contributed by atoms with Gasteiger partial charge in [0.15, 0.2) is 0 Å². The summed E-state index contributed by atoms with van der Waals surface area (Å²) in [5.41, 5.74) is 3.45. The molecule has 2 rings (SSSR count). The van der Waals surface area contributed by atoms with Gasteiger partial charge in [-0.2, -0.15) is 0 Å². The monoisotopic (exact) mass is 238 g/mol. The van der Waals surface area contributed by atoms with Gasteiger partial charge in [0.1, 0.15) is 11.3 Å². The Morgan fingerprint density at radius 2 is 1.85 bits per heavy atom. The maximum atomic E-state index is 5.64. The summed E-state index contributed by atoms with van der Waals surface area (Å²) in [4.78, 5) is 0. The van der Waals surface area contributed by atoms with E-state index in [1.54, 1.807) is 0 Å². The fraction of sp³-hybridized carbons (Fsp3) is 0.273. The average molecular weight is 239 g/mol. The highest BCUT2D eigenvalue weighted by Gasteiger charge is 2.09. The second-order valence-corrected chi connectivity index (χ2v) is 4.26. The standard InChI is InChI=1S/C11H11BrO/c1-6-4-9-7(2)8(3)13-11(9)10(12)5-6/h4-5H,1-3H3. The minimum absolute atomic E-state index is 0.959. The Hall–Kier alpha value is -0.760. The summed E-state index contributed by atoms with van der Waals surface area (Å²) in [5.74, 6) is 1.00. The number of hydrogen-bond acceptors (Lipinski definition) is 1. The first kappa shape index (κ1) is 8.82. The summed E-state index contributed by atoms with van der Waals surface area (Å²) in [7, 11) is 0. The highest BCUT2D eigenvalue weighted by atomic mass is 79.9. The lowest BCUT2D eigenvalue weighted by Gasteiger charge is -1.96. The molecule has 0 unspecified atom stereocenters. The topological polar surface area (TPSA) is 13.1 Å². The molecular formula is C11H11BrO. The van der Waals surface area contributed by atoms with Crippen LogP contribution >= 0.6 is 15.9 Å². The Morgan fingerprint density at radius 3 is 2.54 bits per heavy atom. The number of halogens is 1. The van der Waals surface area contributed by atoms with Gasteiger partial charge in [0.05, 0.1) is 4.47 Å². The molecule has 1 aromatic heterocycles. The summed E-state index contributed by atoms with van der Waals surface area (Å²) in [6, 6.07) is 4.23. The third-order valence-electron chi connectivity index (χ3n) is 2.38. The Balaban J connectivity index is 2.94. The molecule has 0 fully saturated rings. The number of aryl methyl sites for hydroxylation is 3. The molecule has 0 bridgehead atoms. The lowest BCUT2D eigenvalue weighted by molar-refractivity contribution is 0.573. The Morgan fingerprint density at radius 1 is 1.15 bits per heavy atom. The van der Waals surface area contributed by atoms with E-state index in [1.165, 1.54) is 16.5 Å². The SMILES string of the molecule is Cc1cc(Br)c2oc(C)c(C)c2c1. The van der Waals surface area contributed by atoms with Crippen molar-refractivity contribution in [3.05, 3.63) is 33.5 Å². The molecule has 13 heavy (non-hydrogen) atoms. The van der Waals surface area contributed by atoms with Gasteiger partial charge in [0.25, 0.3) is 0 Å². The van der Waals surface area contributed by atoms with Gasteiger partial charge in [-0.3, -0.25) is 0 Å². The van der Waals surface area contributed by atoms with Gasteiger partial charge in [0, 0.05) is 5.39 Å². The fourth-order valence-electron chi connectivity index (χ4n) is 1.53. The van der Waals surface area contributed by atoms with Crippen LogP contribution in [0.5, 0.6) is 0 Å². The molecule has 0 saturated heterocycles. The van der Waals surface area contributed by atoms with Crippen LogP contribution in [0.4, 0.5) is 0 Å². The van der Waals surface area contributed by atoms with E-state index in [-0.39, 0.29) is 0 Å². The van der Waals surface area contributed by atoms with Crippen LogP contribution in [0.3, 0.4) is 0 Å². The molecule has 0 aliphatic carbocycles. The first-order chi connectivity index (χ1) is 6.09. The molecule has 0 aliphatic heterocycles. The molecule has 0 spiro atoms. The maximum absolute atomic E-state index is 5.64. The van der Waals surface area contributed by atoms with Crippen molar-refractivity contribution in [3.63, 3.8) is 0 Å². The van der Waals surface area contributed by atoms with E-state index in [2.05, 4.69) is 41.9 Å². The summed E-state index contributed by atoms with van der Waals surface area (Å²) in [6.45, 7) is 6.18. The molecule has 0 atom stereocenters. The molecule has 2 heteroatoms. The van der Waals surface area contributed by atoms with Gasteiger partial charge in [-0.15, -0.1) is 0 Å². The van der Waals surface area contributed by atoms with Crippen molar-refractivity contribution in [1.29, 1.82) is 0 Å². The van der Waals surface area contributed by atoms with Gasteiger partial charge in [-0.1, -0.05) is 0 Å². The van der Waals surface area contributed by atoms with E-state index in [0.717, 1.165) is 15.8 Å². The first-order valence-corrected chi connectivity index (χ1v) is 5.04. The van der Waals surface area contributed by atoms with E-state index in [1.807, 2.05) is 6.92 Å². The number of furan rings is 1. The second-order valence-electron chi connectivity index (χ2n) is 3.41. The van der Waals surface area contributed by atoms with Crippen molar-refractivity contribution >= 4 is 26.9 Å². The summed E-state index contributed by atoms with van der Waals surface area (Å²) < 4.78 is 6.68. The van der Waals surface area contributed by atoms with Crippen LogP contribution < -0.4 is 0 Å². The zero-order chi connectivity index (χ0) is 9.59. The minimum Gasteiger partial charge on any atom is -0.460 e. The van der Waals surface area contributed by atoms with E-state index in [0.29, 0.717) is 0 Å².